The number of aromatic nitrogens is 1. The van der Waals surface area contributed by atoms with Crippen LogP contribution in [0.4, 0.5) is 4.79 Å². The van der Waals surface area contributed by atoms with Crippen LogP contribution in [0.1, 0.15) is 43.3 Å². The molecular formula is C18H25N3O2S. The number of benzene rings is 1. The lowest BCUT2D eigenvalue weighted by atomic mass is 10.2. The summed E-state index contributed by atoms with van der Waals surface area (Å²) in [7, 11) is 0. The Hall–Kier alpha value is -1.92. The summed E-state index contributed by atoms with van der Waals surface area (Å²) in [5, 5.41) is 15.7. The van der Waals surface area contributed by atoms with Crippen LogP contribution in [0.2, 0.25) is 0 Å². The second-order valence-corrected chi connectivity index (χ2v) is 6.97. The number of carbonyl (C=O) groups is 1. The molecule has 0 bridgehead atoms. The highest BCUT2D eigenvalue weighted by Crippen LogP contribution is 2.31. The van der Waals surface area contributed by atoms with Gasteiger partial charge in [0.25, 0.3) is 0 Å². The van der Waals surface area contributed by atoms with E-state index in [1.54, 1.807) is 11.3 Å². The van der Waals surface area contributed by atoms with Gasteiger partial charge in [0.1, 0.15) is 5.01 Å². The van der Waals surface area contributed by atoms with E-state index in [1.807, 2.05) is 51.1 Å². The summed E-state index contributed by atoms with van der Waals surface area (Å²) in [6.45, 7) is 6.02. The molecule has 5 nitrogen and oxygen atoms in total. The van der Waals surface area contributed by atoms with Crippen molar-refractivity contribution in [1.82, 2.24) is 15.6 Å². The number of aryl methyl sites for hydroxylation is 1. The van der Waals surface area contributed by atoms with E-state index in [2.05, 4.69) is 15.6 Å². The van der Waals surface area contributed by atoms with Crippen molar-refractivity contribution >= 4 is 17.4 Å². The molecular weight excluding hydrogens is 322 g/mol. The number of hydrogen-bond donors (Lipinski definition) is 3. The fraction of sp³-hybridized carbons (Fsp3) is 0.444. The van der Waals surface area contributed by atoms with Gasteiger partial charge < -0.3 is 15.7 Å². The SMILES string of the molecule is Cc1nc(-c2ccccc2)sc1C(C)NC(=O)NC(C)CCCO. The van der Waals surface area contributed by atoms with Crippen LogP contribution in [0.5, 0.6) is 0 Å². The third-order valence-electron chi connectivity index (χ3n) is 3.77. The highest BCUT2D eigenvalue weighted by molar-refractivity contribution is 7.15. The molecule has 2 aromatic rings. The Balaban J connectivity index is 1.98. The van der Waals surface area contributed by atoms with Crippen molar-refractivity contribution in [3.8, 4) is 10.6 Å². The molecule has 2 atom stereocenters. The highest BCUT2D eigenvalue weighted by atomic mass is 32.1. The molecule has 6 heteroatoms. The molecule has 0 aliphatic carbocycles. The van der Waals surface area contributed by atoms with E-state index in [0.29, 0.717) is 6.42 Å². The van der Waals surface area contributed by atoms with E-state index in [4.69, 9.17) is 5.11 Å². The minimum atomic E-state index is -0.193. The van der Waals surface area contributed by atoms with Crippen molar-refractivity contribution < 1.29 is 9.90 Å². The summed E-state index contributed by atoms with van der Waals surface area (Å²) < 4.78 is 0. The maximum absolute atomic E-state index is 12.1. The number of aliphatic hydroxyl groups excluding tert-OH is 1. The van der Waals surface area contributed by atoms with Gasteiger partial charge in [-0.25, -0.2) is 9.78 Å². The number of urea groups is 1. The van der Waals surface area contributed by atoms with Crippen LogP contribution in [-0.4, -0.2) is 28.8 Å². The summed E-state index contributed by atoms with van der Waals surface area (Å²) in [6.07, 6.45) is 1.45. The quantitative estimate of drug-likeness (QED) is 0.716. The van der Waals surface area contributed by atoms with Gasteiger partial charge in [0.2, 0.25) is 0 Å². The number of aliphatic hydroxyl groups is 1. The molecule has 0 saturated heterocycles. The van der Waals surface area contributed by atoms with E-state index < -0.39 is 0 Å². The lowest BCUT2D eigenvalue weighted by Gasteiger charge is -2.17. The molecule has 130 valence electrons. The fourth-order valence-electron chi connectivity index (χ4n) is 2.51. The molecule has 0 saturated carbocycles. The van der Waals surface area contributed by atoms with Crippen LogP contribution in [-0.2, 0) is 0 Å². The topological polar surface area (TPSA) is 74.2 Å². The summed E-state index contributed by atoms with van der Waals surface area (Å²) in [5.74, 6) is 0. The smallest absolute Gasteiger partial charge is 0.315 e. The van der Waals surface area contributed by atoms with Crippen molar-refractivity contribution in [2.24, 2.45) is 0 Å². The van der Waals surface area contributed by atoms with Gasteiger partial charge in [-0.1, -0.05) is 30.3 Å². The Morgan fingerprint density at radius 2 is 1.96 bits per heavy atom. The first-order valence-corrected chi connectivity index (χ1v) is 9.03. The average molecular weight is 347 g/mol. The fourth-order valence-corrected chi connectivity index (χ4v) is 3.59. The molecule has 24 heavy (non-hydrogen) atoms. The Labute approximate surface area is 147 Å². The van der Waals surface area contributed by atoms with Crippen LogP contribution < -0.4 is 10.6 Å². The normalized spacial score (nSPS) is 13.3. The second kappa shape index (κ2) is 8.80. The number of rotatable bonds is 7. The minimum absolute atomic E-state index is 0.0341. The van der Waals surface area contributed by atoms with Gasteiger partial charge in [-0.15, -0.1) is 11.3 Å². The summed E-state index contributed by atoms with van der Waals surface area (Å²) >= 11 is 1.61. The van der Waals surface area contributed by atoms with E-state index in [9.17, 15) is 4.79 Å². The van der Waals surface area contributed by atoms with E-state index in [-0.39, 0.29) is 24.7 Å². The molecule has 0 aliphatic rings. The second-order valence-electron chi connectivity index (χ2n) is 5.94. The summed E-state index contributed by atoms with van der Waals surface area (Å²) in [5.41, 5.74) is 2.03. The number of thiazole rings is 1. The number of nitrogens with one attached hydrogen (secondary N) is 2. The van der Waals surface area contributed by atoms with Gasteiger partial charge in [0, 0.05) is 18.2 Å². The molecule has 1 heterocycles. The lowest BCUT2D eigenvalue weighted by Crippen LogP contribution is -2.41. The van der Waals surface area contributed by atoms with E-state index in [1.165, 1.54) is 0 Å². The largest absolute Gasteiger partial charge is 0.396 e. The molecule has 2 rings (SSSR count). The van der Waals surface area contributed by atoms with E-state index in [0.717, 1.165) is 27.6 Å². The molecule has 1 aromatic heterocycles. The molecule has 0 aliphatic heterocycles. The summed E-state index contributed by atoms with van der Waals surface area (Å²) in [4.78, 5) is 17.8. The summed E-state index contributed by atoms with van der Waals surface area (Å²) in [6, 6.07) is 9.78. The van der Waals surface area contributed by atoms with Gasteiger partial charge in [-0.3, -0.25) is 0 Å². The van der Waals surface area contributed by atoms with Gasteiger partial charge in [0.05, 0.1) is 16.6 Å². The van der Waals surface area contributed by atoms with Crippen molar-refractivity contribution in [2.75, 3.05) is 6.61 Å². The number of amides is 2. The van der Waals surface area contributed by atoms with Gasteiger partial charge in [0.15, 0.2) is 0 Å². The first-order chi connectivity index (χ1) is 11.5. The van der Waals surface area contributed by atoms with Crippen LogP contribution in [0.3, 0.4) is 0 Å². The zero-order chi connectivity index (χ0) is 17.5. The third-order valence-corrected chi connectivity index (χ3v) is 5.16. The molecule has 0 spiro atoms. The Kier molecular flexibility index (Phi) is 6.75. The predicted molar refractivity (Wildman–Crippen MR) is 98.2 cm³/mol. The van der Waals surface area contributed by atoms with Crippen LogP contribution >= 0.6 is 11.3 Å². The highest BCUT2D eigenvalue weighted by Gasteiger charge is 2.17. The molecule has 0 fully saturated rings. The van der Waals surface area contributed by atoms with Crippen molar-refractivity contribution in [2.45, 2.75) is 45.7 Å². The molecule has 1 aromatic carbocycles. The van der Waals surface area contributed by atoms with Gasteiger partial charge in [-0.05, 0) is 33.6 Å². The molecule has 2 unspecified atom stereocenters. The Bertz CT molecular complexity index is 658. The van der Waals surface area contributed by atoms with Crippen LogP contribution in [0, 0.1) is 6.92 Å². The molecule has 2 amide bonds. The first kappa shape index (κ1) is 18.4. The lowest BCUT2D eigenvalue weighted by molar-refractivity contribution is 0.231. The van der Waals surface area contributed by atoms with Crippen molar-refractivity contribution in [1.29, 1.82) is 0 Å². The third kappa shape index (κ3) is 5.04. The van der Waals surface area contributed by atoms with Gasteiger partial charge >= 0.3 is 6.03 Å². The van der Waals surface area contributed by atoms with Crippen LogP contribution in [0.25, 0.3) is 10.6 Å². The molecule has 3 N–H and O–H groups in total. The maximum atomic E-state index is 12.1. The van der Waals surface area contributed by atoms with Gasteiger partial charge in [-0.2, -0.15) is 0 Å². The first-order valence-electron chi connectivity index (χ1n) is 8.22. The monoisotopic (exact) mass is 347 g/mol. The Morgan fingerprint density at radius 1 is 1.25 bits per heavy atom. The zero-order valence-corrected chi connectivity index (χ0v) is 15.2. The minimum Gasteiger partial charge on any atom is -0.396 e. The number of hydrogen-bond acceptors (Lipinski definition) is 4. The zero-order valence-electron chi connectivity index (χ0n) is 14.4. The van der Waals surface area contributed by atoms with Crippen LogP contribution in [0.15, 0.2) is 30.3 Å². The predicted octanol–water partition coefficient (Wildman–Crippen LogP) is 3.64. The van der Waals surface area contributed by atoms with E-state index >= 15 is 0 Å². The van der Waals surface area contributed by atoms with Crippen molar-refractivity contribution in [3.63, 3.8) is 0 Å². The van der Waals surface area contributed by atoms with Crippen molar-refractivity contribution in [3.05, 3.63) is 40.9 Å². The number of carbonyl (C=O) groups excluding carboxylic acids is 1. The maximum Gasteiger partial charge on any atom is 0.315 e. The number of nitrogens with zero attached hydrogens (tertiary/aromatic N) is 1. The Morgan fingerprint density at radius 3 is 2.62 bits per heavy atom. The molecule has 0 radical (unpaired) electrons. The standard InChI is InChI=1S/C18H25N3O2S/c1-12(8-7-11-22)19-18(23)21-14(3)16-13(2)20-17(24-16)15-9-5-4-6-10-15/h4-6,9-10,12,14,22H,7-8,11H2,1-3H3,(H2,19,21,23). The average Bonchev–Trinajstić information content (AvgIpc) is 2.95.